The summed E-state index contributed by atoms with van der Waals surface area (Å²) in [6, 6.07) is 17.2. The number of aromatic nitrogens is 1. The summed E-state index contributed by atoms with van der Waals surface area (Å²) in [5.41, 5.74) is -2.69. The van der Waals surface area contributed by atoms with Crippen molar-refractivity contribution < 1.29 is 29.6 Å². The lowest BCUT2D eigenvalue weighted by Crippen LogP contribution is -2.52. The summed E-state index contributed by atoms with van der Waals surface area (Å²) in [6.45, 7) is 0. The molecule has 3 N–H and O–H groups in total. The topological polar surface area (TPSA) is 109 Å². The third kappa shape index (κ3) is 2.56. The van der Waals surface area contributed by atoms with Crippen LogP contribution >= 0.6 is 11.6 Å². The molecular weight excluding hydrogens is 434 g/mol. The van der Waals surface area contributed by atoms with Crippen LogP contribution in [-0.2, 0) is 16.0 Å². The van der Waals surface area contributed by atoms with Crippen molar-refractivity contribution in [3.8, 4) is 11.5 Å². The van der Waals surface area contributed by atoms with E-state index in [1.54, 1.807) is 48.5 Å². The standard InChI is InChI=1S/C24H20ClNO6/c1-31-16-9-7-14(8-10-16)24-19(13-5-3-2-4-6-13)18(22(28)29)21(27)23(24,30)20-17(32-24)11-15(25)12-26-20/h2-12,18-19,21,27,30H,1H3,(H,28,29)/t18-,19-,21-,23+,24+/m1/s1. The average molecular weight is 454 g/mol. The highest BCUT2D eigenvalue weighted by atomic mass is 35.5. The molecule has 8 heteroatoms. The number of pyridine rings is 1. The molecule has 1 saturated carbocycles. The Kier molecular flexibility index (Phi) is 4.67. The van der Waals surface area contributed by atoms with E-state index in [0.29, 0.717) is 16.9 Å². The average Bonchev–Trinajstić information content (AvgIpc) is 3.17. The summed E-state index contributed by atoms with van der Waals surface area (Å²) in [5, 5.41) is 33.9. The van der Waals surface area contributed by atoms with Gasteiger partial charge in [0.1, 0.15) is 23.3 Å². The lowest BCUT2D eigenvalue weighted by Gasteiger charge is -2.40. The lowest BCUT2D eigenvalue weighted by atomic mass is 9.71. The van der Waals surface area contributed by atoms with Crippen molar-refractivity contribution in [1.82, 2.24) is 4.98 Å². The number of aliphatic carboxylic acids is 1. The molecule has 2 heterocycles. The van der Waals surface area contributed by atoms with Crippen LogP contribution in [0.3, 0.4) is 0 Å². The van der Waals surface area contributed by atoms with E-state index >= 15 is 0 Å². The number of hydrogen-bond donors (Lipinski definition) is 3. The van der Waals surface area contributed by atoms with Crippen molar-refractivity contribution in [3.05, 3.63) is 88.7 Å². The molecule has 0 unspecified atom stereocenters. The van der Waals surface area contributed by atoms with E-state index in [1.807, 2.05) is 6.07 Å². The number of halogens is 1. The molecule has 1 aliphatic heterocycles. The van der Waals surface area contributed by atoms with E-state index in [4.69, 9.17) is 21.1 Å². The first-order chi connectivity index (χ1) is 15.3. The highest BCUT2D eigenvalue weighted by Crippen LogP contribution is 2.68. The van der Waals surface area contributed by atoms with Crippen molar-refractivity contribution in [3.63, 3.8) is 0 Å². The fourth-order valence-electron chi connectivity index (χ4n) is 5.24. The fourth-order valence-corrected chi connectivity index (χ4v) is 5.39. The maximum Gasteiger partial charge on any atom is 0.310 e. The number of benzene rings is 2. The van der Waals surface area contributed by atoms with Gasteiger partial charge in [-0.2, -0.15) is 0 Å². The summed E-state index contributed by atoms with van der Waals surface area (Å²) in [5.74, 6) is -2.78. The smallest absolute Gasteiger partial charge is 0.310 e. The zero-order chi connectivity index (χ0) is 22.7. The minimum absolute atomic E-state index is 0.0508. The second-order valence-corrected chi connectivity index (χ2v) is 8.47. The number of methoxy groups -OCH3 is 1. The molecule has 0 amide bonds. The maximum absolute atomic E-state index is 12.4. The van der Waals surface area contributed by atoms with Crippen molar-refractivity contribution in [2.24, 2.45) is 5.92 Å². The Morgan fingerprint density at radius 1 is 1.16 bits per heavy atom. The summed E-state index contributed by atoms with van der Waals surface area (Å²) in [7, 11) is 1.53. The zero-order valence-electron chi connectivity index (χ0n) is 17.0. The number of aliphatic hydroxyl groups excluding tert-OH is 1. The van der Waals surface area contributed by atoms with Gasteiger partial charge in [-0.25, -0.2) is 0 Å². The zero-order valence-corrected chi connectivity index (χ0v) is 17.7. The van der Waals surface area contributed by atoms with Gasteiger partial charge in [-0.3, -0.25) is 9.78 Å². The van der Waals surface area contributed by atoms with Gasteiger partial charge < -0.3 is 24.8 Å². The first kappa shape index (κ1) is 20.8. The summed E-state index contributed by atoms with van der Waals surface area (Å²) in [6.07, 6.45) is -0.369. The SMILES string of the molecule is COc1ccc([C@@]23Oc4cc(Cl)cnc4[C@]2(O)[C@H](O)[C@H](C(=O)O)[C@H]3c2ccccc2)cc1. The van der Waals surface area contributed by atoms with E-state index in [2.05, 4.69) is 4.98 Å². The normalized spacial score (nSPS) is 30.3. The van der Waals surface area contributed by atoms with Crippen molar-refractivity contribution in [1.29, 1.82) is 0 Å². The molecule has 1 aromatic heterocycles. The second-order valence-electron chi connectivity index (χ2n) is 8.03. The van der Waals surface area contributed by atoms with Gasteiger partial charge in [-0.1, -0.05) is 54.1 Å². The Balaban J connectivity index is 1.85. The number of hydrogen-bond acceptors (Lipinski definition) is 6. The number of fused-ring (bicyclic) bond motifs is 3. The molecule has 0 saturated heterocycles. The van der Waals surface area contributed by atoms with Crippen molar-refractivity contribution >= 4 is 17.6 Å². The van der Waals surface area contributed by atoms with Crippen molar-refractivity contribution in [2.45, 2.75) is 23.2 Å². The van der Waals surface area contributed by atoms with Gasteiger partial charge in [-0.05, 0) is 23.3 Å². The molecule has 7 nitrogen and oxygen atoms in total. The van der Waals surface area contributed by atoms with Gasteiger partial charge in [0, 0.05) is 18.2 Å². The van der Waals surface area contributed by atoms with Gasteiger partial charge in [-0.15, -0.1) is 0 Å². The van der Waals surface area contributed by atoms with Gasteiger partial charge in [0.05, 0.1) is 18.1 Å². The molecule has 3 aromatic rings. The fraction of sp³-hybridized carbons (Fsp3) is 0.250. The first-order valence-corrected chi connectivity index (χ1v) is 10.4. The summed E-state index contributed by atoms with van der Waals surface area (Å²) < 4.78 is 11.7. The number of rotatable bonds is 4. The highest BCUT2D eigenvalue weighted by Gasteiger charge is 2.78. The number of carboxylic acid groups (broad SMARTS) is 1. The minimum Gasteiger partial charge on any atom is -0.497 e. The lowest BCUT2D eigenvalue weighted by molar-refractivity contribution is -0.160. The Hall–Kier alpha value is -3.13. The molecule has 5 atom stereocenters. The maximum atomic E-state index is 12.4. The van der Waals surface area contributed by atoms with Gasteiger partial charge in [0.15, 0.2) is 11.2 Å². The first-order valence-electron chi connectivity index (χ1n) is 10.0. The summed E-state index contributed by atoms with van der Waals surface area (Å²) in [4.78, 5) is 16.7. The van der Waals surface area contributed by atoms with E-state index in [0.717, 1.165) is 0 Å². The molecule has 2 aliphatic rings. The Bertz CT molecular complexity index is 1190. The largest absolute Gasteiger partial charge is 0.497 e. The predicted octanol–water partition coefficient (Wildman–Crippen LogP) is 3.08. The van der Waals surface area contributed by atoms with Crippen LogP contribution in [0.2, 0.25) is 5.02 Å². The molecule has 164 valence electrons. The molecule has 0 radical (unpaired) electrons. The van der Waals surface area contributed by atoms with Crippen LogP contribution in [0, 0.1) is 5.92 Å². The van der Waals surface area contributed by atoms with Crippen LogP contribution in [0.4, 0.5) is 0 Å². The molecular formula is C24H20ClNO6. The minimum atomic E-state index is -2.15. The third-order valence-corrected chi connectivity index (χ3v) is 6.75. The van der Waals surface area contributed by atoms with Crippen LogP contribution in [0.1, 0.15) is 22.7 Å². The van der Waals surface area contributed by atoms with E-state index in [-0.39, 0.29) is 16.5 Å². The number of ether oxygens (including phenoxy) is 2. The monoisotopic (exact) mass is 453 g/mol. The van der Waals surface area contributed by atoms with Gasteiger partial charge >= 0.3 is 5.97 Å². The molecule has 0 spiro atoms. The predicted molar refractivity (Wildman–Crippen MR) is 115 cm³/mol. The van der Waals surface area contributed by atoms with Crippen LogP contribution in [0.25, 0.3) is 0 Å². The number of carbonyl (C=O) groups is 1. The second kappa shape index (κ2) is 7.20. The van der Waals surface area contributed by atoms with Gasteiger partial charge in [0.2, 0.25) is 0 Å². The molecule has 5 rings (SSSR count). The molecule has 1 fully saturated rings. The van der Waals surface area contributed by atoms with Crippen LogP contribution in [-0.4, -0.2) is 39.5 Å². The van der Waals surface area contributed by atoms with Gasteiger partial charge in [0.25, 0.3) is 0 Å². The van der Waals surface area contributed by atoms with E-state index in [9.17, 15) is 20.1 Å². The van der Waals surface area contributed by atoms with Crippen LogP contribution < -0.4 is 9.47 Å². The highest BCUT2D eigenvalue weighted by molar-refractivity contribution is 6.30. The van der Waals surface area contributed by atoms with Crippen LogP contribution in [0.15, 0.2) is 66.9 Å². The molecule has 32 heavy (non-hydrogen) atoms. The van der Waals surface area contributed by atoms with E-state index < -0.39 is 35.1 Å². The molecule has 1 aliphatic carbocycles. The Labute approximate surface area is 188 Å². The number of carboxylic acids is 1. The number of nitrogens with zero attached hydrogens (tertiary/aromatic N) is 1. The third-order valence-electron chi connectivity index (χ3n) is 6.55. The Morgan fingerprint density at radius 2 is 1.84 bits per heavy atom. The van der Waals surface area contributed by atoms with Crippen LogP contribution in [0.5, 0.6) is 11.5 Å². The Morgan fingerprint density at radius 3 is 2.47 bits per heavy atom. The quantitative estimate of drug-likeness (QED) is 0.557. The van der Waals surface area contributed by atoms with E-state index in [1.165, 1.54) is 19.4 Å². The number of aliphatic hydroxyl groups is 2. The molecule has 2 aromatic carbocycles. The molecule has 0 bridgehead atoms. The summed E-state index contributed by atoms with van der Waals surface area (Å²) >= 11 is 6.13. The van der Waals surface area contributed by atoms with Crippen molar-refractivity contribution in [2.75, 3.05) is 7.11 Å².